The summed E-state index contributed by atoms with van der Waals surface area (Å²) in [6, 6.07) is 0. The van der Waals surface area contributed by atoms with E-state index in [4.69, 9.17) is 4.74 Å². The molecule has 0 bridgehead atoms. The van der Waals surface area contributed by atoms with Crippen LogP contribution in [0.4, 0.5) is 0 Å². The standard InChI is InChI=1S/C15H24O2/c1-11(2)15(16)17-10-13-9-8-12-6-4-3-5-7-14(12)13/h12-14H,1,3-10H2,2H3. The Balaban J connectivity index is 1.85. The lowest BCUT2D eigenvalue weighted by molar-refractivity contribution is -0.140. The van der Waals surface area contributed by atoms with E-state index in [0.717, 1.165) is 11.8 Å². The Morgan fingerprint density at radius 1 is 1.18 bits per heavy atom. The van der Waals surface area contributed by atoms with Gasteiger partial charge in [0.1, 0.15) is 0 Å². The van der Waals surface area contributed by atoms with Gasteiger partial charge in [-0.15, -0.1) is 0 Å². The first-order valence-corrected chi connectivity index (χ1v) is 7.01. The van der Waals surface area contributed by atoms with Crippen LogP contribution in [-0.4, -0.2) is 12.6 Å². The highest BCUT2D eigenvalue weighted by molar-refractivity contribution is 5.86. The van der Waals surface area contributed by atoms with Crippen LogP contribution in [0.1, 0.15) is 51.9 Å². The molecule has 2 aliphatic carbocycles. The van der Waals surface area contributed by atoms with E-state index >= 15 is 0 Å². The Labute approximate surface area is 104 Å². The second-order valence-corrected chi connectivity index (χ2v) is 5.78. The number of carbonyl (C=O) groups is 1. The van der Waals surface area contributed by atoms with Crippen LogP contribution in [0.25, 0.3) is 0 Å². The molecule has 0 heterocycles. The minimum atomic E-state index is -0.220. The van der Waals surface area contributed by atoms with Crippen molar-refractivity contribution in [1.82, 2.24) is 0 Å². The molecule has 2 aliphatic rings. The third kappa shape index (κ3) is 3.11. The Kier molecular flexibility index (Phi) is 4.25. The normalized spacial score (nSPS) is 32.6. The third-order valence-electron chi connectivity index (χ3n) is 4.51. The van der Waals surface area contributed by atoms with Crippen LogP contribution in [0.15, 0.2) is 12.2 Å². The lowest BCUT2D eigenvalue weighted by atomic mass is 9.86. The summed E-state index contributed by atoms with van der Waals surface area (Å²) in [4.78, 5) is 11.4. The molecule has 0 radical (unpaired) electrons. The van der Waals surface area contributed by atoms with Gasteiger partial charge in [-0.3, -0.25) is 0 Å². The zero-order valence-electron chi connectivity index (χ0n) is 10.9. The molecule has 0 amide bonds. The maximum absolute atomic E-state index is 11.4. The summed E-state index contributed by atoms with van der Waals surface area (Å²) < 4.78 is 5.34. The van der Waals surface area contributed by atoms with E-state index in [9.17, 15) is 4.79 Å². The predicted molar refractivity (Wildman–Crippen MR) is 68.6 cm³/mol. The van der Waals surface area contributed by atoms with E-state index in [1.165, 1.54) is 44.9 Å². The lowest BCUT2D eigenvalue weighted by Gasteiger charge is -2.22. The van der Waals surface area contributed by atoms with Crippen LogP contribution in [-0.2, 0) is 9.53 Å². The minimum absolute atomic E-state index is 0.220. The van der Waals surface area contributed by atoms with Crippen molar-refractivity contribution in [1.29, 1.82) is 0 Å². The van der Waals surface area contributed by atoms with E-state index < -0.39 is 0 Å². The van der Waals surface area contributed by atoms with Gasteiger partial charge in [0, 0.05) is 5.57 Å². The molecule has 96 valence electrons. The number of ether oxygens (including phenoxy) is 1. The molecule has 0 aromatic carbocycles. The molecule has 3 atom stereocenters. The molecule has 0 aliphatic heterocycles. The van der Waals surface area contributed by atoms with Crippen LogP contribution in [0.2, 0.25) is 0 Å². The zero-order valence-corrected chi connectivity index (χ0v) is 10.9. The van der Waals surface area contributed by atoms with Gasteiger partial charge in [0.05, 0.1) is 6.61 Å². The van der Waals surface area contributed by atoms with Crippen molar-refractivity contribution >= 4 is 5.97 Å². The topological polar surface area (TPSA) is 26.3 Å². The van der Waals surface area contributed by atoms with Gasteiger partial charge < -0.3 is 4.74 Å². The van der Waals surface area contributed by atoms with Gasteiger partial charge in [0.2, 0.25) is 0 Å². The number of hydrogen-bond acceptors (Lipinski definition) is 2. The van der Waals surface area contributed by atoms with Gasteiger partial charge in [-0.25, -0.2) is 4.79 Å². The van der Waals surface area contributed by atoms with Gasteiger partial charge in [-0.05, 0) is 43.9 Å². The van der Waals surface area contributed by atoms with Crippen molar-refractivity contribution in [3.8, 4) is 0 Å². The van der Waals surface area contributed by atoms with Gasteiger partial charge in [-0.1, -0.05) is 32.3 Å². The molecule has 0 aromatic rings. The van der Waals surface area contributed by atoms with E-state index in [-0.39, 0.29) is 5.97 Å². The van der Waals surface area contributed by atoms with Crippen LogP contribution < -0.4 is 0 Å². The molecular formula is C15H24O2. The SMILES string of the molecule is C=C(C)C(=O)OCC1CCC2CCCCCC21. The minimum Gasteiger partial charge on any atom is -0.462 e. The molecule has 2 fully saturated rings. The zero-order chi connectivity index (χ0) is 12.3. The molecule has 2 heteroatoms. The van der Waals surface area contributed by atoms with E-state index in [1.807, 2.05) is 0 Å². The molecule has 3 unspecified atom stereocenters. The maximum Gasteiger partial charge on any atom is 0.333 e. The fourth-order valence-electron chi connectivity index (χ4n) is 3.55. The van der Waals surface area contributed by atoms with Crippen molar-refractivity contribution < 1.29 is 9.53 Å². The van der Waals surface area contributed by atoms with E-state index in [2.05, 4.69) is 6.58 Å². The average molecular weight is 236 g/mol. The summed E-state index contributed by atoms with van der Waals surface area (Å²) in [5, 5.41) is 0. The first kappa shape index (κ1) is 12.7. The fourth-order valence-corrected chi connectivity index (χ4v) is 3.55. The average Bonchev–Trinajstić information content (AvgIpc) is 2.54. The fraction of sp³-hybridized carbons (Fsp3) is 0.800. The van der Waals surface area contributed by atoms with Crippen molar-refractivity contribution in [3.63, 3.8) is 0 Å². The van der Waals surface area contributed by atoms with Crippen molar-refractivity contribution in [3.05, 3.63) is 12.2 Å². The smallest absolute Gasteiger partial charge is 0.333 e. The molecule has 17 heavy (non-hydrogen) atoms. The first-order chi connectivity index (χ1) is 8.18. The molecule has 0 N–H and O–H groups in total. The lowest BCUT2D eigenvalue weighted by Crippen LogP contribution is -2.20. The van der Waals surface area contributed by atoms with Crippen molar-refractivity contribution in [2.24, 2.45) is 17.8 Å². The van der Waals surface area contributed by atoms with Gasteiger partial charge in [-0.2, -0.15) is 0 Å². The Morgan fingerprint density at radius 2 is 1.94 bits per heavy atom. The van der Waals surface area contributed by atoms with E-state index in [1.54, 1.807) is 6.92 Å². The van der Waals surface area contributed by atoms with Crippen LogP contribution in [0, 0.1) is 17.8 Å². The quantitative estimate of drug-likeness (QED) is 0.551. The van der Waals surface area contributed by atoms with E-state index in [0.29, 0.717) is 18.1 Å². The van der Waals surface area contributed by atoms with Crippen LogP contribution >= 0.6 is 0 Å². The molecule has 0 spiro atoms. The maximum atomic E-state index is 11.4. The Bertz CT molecular complexity index is 295. The summed E-state index contributed by atoms with van der Waals surface area (Å²) in [5.74, 6) is 2.12. The second kappa shape index (κ2) is 5.70. The monoisotopic (exact) mass is 236 g/mol. The number of hydrogen-bond donors (Lipinski definition) is 0. The highest BCUT2D eigenvalue weighted by Crippen LogP contribution is 2.44. The number of carbonyl (C=O) groups excluding carboxylic acids is 1. The van der Waals surface area contributed by atoms with Crippen LogP contribution in [0.3, 0.4) is 0 Å². The second-order valence-electron chi connectivity index (χ2n) is 5.78. The molecule has 0 saturated heterocycles. The summed E-state index contributed by atoms with van der Waals surface area (Å²) in [7, 11) is 0. The largest absolute Gasteiger partial charge is 0.462 e. The van der Waals surface area contributed by atoms with Gasteiger partial charge >= 0.3 is 5.97 Å². The van der Waals surface area contributed by atoms with Crippen LogP contribution in [0.5, 0.6) is 0 Å². The van der Waals surface area contributed by atoms with Crippen molar-refractivity contribution in [2.45, 2.75) is 51.9 Å². The Morgan fingerprint density at radius 3 is 2.71 bits per heavy atom. The van der Waals surface area contributed by atoms with Crippen molar-refractivity contribution in [2.75, 3.05) is 6.61 Å². The number of esters is 1. The molecular weight excluding hydrogens is 212 g/mol. The Hall–Kier alpha value is -0.790. The highest BCUT2D eigenvalue weighted by atomic mass is 16.5. The third-order valence-corrected chi connectivity index (χ3v) is 4.51. The molecule has 0 aromatic heterocycles. The number of fused-ring (bicyclic) bond motifs is 1. The molecule has 2 nitrogen and oxygen atoms in total. The number of rotatable bonds is 3. The van der Waals surface area contributed by atoms with Gasteiger partial charge in [0.25, 0.3) is 0 Å². The van der Waals surface area contributed by atoms with Gasteiger partial charge in [0.15, 0.2) is 0 Å². The summed E-state index contributed by atoms with van der Waals surface area (Å²) in [6.45, 7) is 5.95. The first-order valence-electron chi connectivity index (χ1n) is 7.01. The molecule has 2 saturated carbocycles. The summed E-state index contributed by atoms with van der Waals surface area (Å²) in [6.07, 6.45) is 9.51. The summed E-state index contributed by atoms with van der Waals surface area (Å²) >= 11 is 0. The summed E-state index contributed by atoms with van der Waals surface area (Å²) in [5.41, 5.74) is 0.514. The predicted octanol–water partition coefficient (Wildman–Crippen LogP) is 3.71. The molecule has 2 rings (SSSR count). The highest BCUT2D eigenvalue weighted by Gasteiger charge is 2.36.